The third-order valence-electron chi connectivity index (χ3n) is 3.28. The monoisotopic (exact) mass is 324 g/mol. The van der Waals surface area contributed by atoms with Gasteiger partial charge in [0.1, 0.15) is 10.8 Å². The van der Waals surface area contributed by atoms with Gasteiger partial charge < -0.3 is 9.15 Å². The summed E-state index contributed by atoms with van der Waals surface area (Å²) in [6.45, 7) is 0. The quantitative estimate of drug-likeness (QED) is 0.573. The van der Waals surface area contributed by atoms with Crippen LogP contribution < -0.4 is 4.74 Å². The molecule has 0 radical (unpaired) electrons. The molecule has 23 heavy (non-hydrogen) atoms. The van der Waals surface area contributed by atoms with E-state index in [1.807, 2.05) is 48.6 Å². The number of methoxy groups -OCH3 is 1. The molecule has 4 aromatic rings. The van der Waals surface area contributed by atoms with Gasteiger partial charge >= 0.3 is 0 Å². The predicted molar refractivity (Wildman–Crippen MR) is 88.3 cm³/mol. The Morgan fingerprint density at radius 1 is 1.13 bits per heavy atom. The van der Waals surface area contributed by atoms with E-state index in [9.17, 15) is 0 Å². The number of aromatic nitrogens is 4. The van der Waals surface area contributed by atoms with Crippen molar-refractivity contribution in [2.45, 2.75) is 0 Å². The smallest absolute Gasteiger partial charge is 0.235 e. The SMILES string of the molecule is COc1ccc(C=Cc2nn3c(-c4ccco4)nnc3s2)cc1. The minimum atomic E-state index is 0.602. The highest BCUT2D eigenvalue weighted by molar-refractivity contribution is 7.17. The second-order valence-electron chi connectivity index (χ2n) is 4.74. The number of fused-ring (bicyclic) bond motifs is 1. The van der Waals surface area contributed by atoms with E-state index in [1.54, 1.807) is 17.9 Å². The Balaban J connectivity index is 1.63. The number of furan rings is 1. The first kappa shape index (κ1) is 13.7. The number of hydrogen-bond acceptors (Lipinski definition) is 6. The van der Waals surface area contributed by atoms with E-state index in [0.29, 0.717) is 11.6 Å². The van der Waals surface area contributed by atoms with E-state index < -0.39 is 0 Å². The lowest BCUT2D eigenvalue weighted by Gasteiger charge is -1.98. The van der Waals surface area contributed by atoms with Gasteiger partial charge in [0.05, 0.1) is 13.4 Å². The molecule has 0 atom stereocenters. The van der Waals surface area contributed by atoms with Crippen LogP contribution in [0.25, 0.3) is 28.7 Å². The van der Waals surface area contributed by atoms with Gasteiger partial charge in [-0.1, -0.05) is 29.5 Å². The summed E-state index contributed by atoms with van der Waals surface area (Å²) in [4.78, 5) is 0.728. The molecule has 0 amide bonds. The fourth-order valence-corrected chi connectivity index (χ4v) is 2.88. The van der Waals surface area contributed by atoms with Gasteiger partial charge in [0.2, 0.25) is 10.8 Å². The Kier molecular flexibility index (Phi) is 3.39. The van der Waals surface area contributed by atoms with Crippen LogP contribution in [0.15, 0.2) is 47.1 Å². The first-order valence-electron chi connectivity index (χ1n) is 6.92. The second-order valence-corrected chi connectivity index (χ2v) is 5.73. The fourth-order valence-electron chi connectivity index (χ4n) is 2.14. The second kappa shape index (κ2) is 5.69. The Labute approximate surface area is 135 Å². The van der Waals surface area contributed by atoms with Gasteiger partial charge in [-0.05, 0) is 35.9 Å². The number of benzene rings is 1. The first-order valence-corrected chi connectivity index (χ1v) is 7.73. The Bertz CT molecular complexity index is 952. The fraction of sp³-hybridized carbons (Fsp3) is 0.0625. The summed E-state index contributed by atoms with van der Waals surface area (Å²) in [5.41, 5.74) is 1.07. The molecule has 4 rings (SSSR count). The largest absolute Gasteiger partial charge is 0.497 e. The third-order valence-corrected chi connectivity index (χ3v) is 4.15. The molecular weight excluding hydrogens is 312 g/mol. The van der Waals surface area contributed by atoms with E-state index in [0.717, 1.165) is 21.3 Å². The van der Waals surface area contributed by atoms with Crippen LogP contribution in [0, 0.1) is 0 Å². The van der Waals surface area contributed by atoms with Crippen molar-refractivity contribution in [1.29, 1.82) is 0 Å². The minimum Gasteiger partial charge on any atom is -0.497 e. The number of ether oxygens (including phenoxy) is 1. The van der Waals surface area contributed by atoms with Gasteiger partial charge in [-0.15, -0.1) is 10.2 Å². The van der Waals surface area contributed by atoms with Crippen molar-refractivity contribution in [2.75, 3.05) is 7.11 Å². The lowest BCUT2D eigenvalue weighted by atomic mass is 10.2. The Hall–Kier alpha value is -2.93. The van der Waals surface area contributed by atoms with E-state index >= 15 is 0 Å². The normalized spacial score (nSPS) is 11.5. The Morgan fingerprint density at radius 3 is 2.74 bits per heavy atom. The number of rotatable bonds is 4. The first-order chi connectivity index (χ1) is 11.3. The van der Waals surface area contributed by atoms with Gasteiger partial charge in [0.15, 0.2) is 5.76 Å². The van der Waals surface area contributed by atoms with Crippen molar-refractivity contribution in [3.05, 3.63) is 53.2 Å². The summed E-state index contributed by atoms with van der Waals surface area (Å²) < 4.78 is 12.2. The molecule has 0 spiro atoms. The number of hydrogen-bond donors (Lipinski definition) is 0. The zero-order chi connectivity index (χ0) is 15.6. The standard InChI is InChI=1S/C16H12N4O2S/c1-21-12-7-4-11(5-8-12)6-9-14-19-20-15(13-3-2-10-22-13)17-18-16(20)23-14/h2-10H,1H3. The van der Waals surface area contributed by atoms with Crippen LogP contribution in [-0.4, -0.2) is 26.9 Å². The predicted octanol–water partition coefficient (Wildman–Crippen LogP) is 3.62. The molecule has 3 aromatic heterocycles. The van der Waals surface area contributed by atoms with Crippen molar-refractivity contribution in [3.63, 3.8) is 0 Å². The van der Waals surface area contributed by atoms with Gasteiger partial charge in [-0.2, -0.15) is 9.61 Å². The molecule has 0 N–H and O–H groups in total. The van der Waals surface area contributed by atoms with E-state index in [-0.39, 0.29) is 0 Å². The molecule has 1 aromatic carbocycles. The summed E-state index contributed by atoms with van der Waals surface area (Å²) in [7, 11) is 1.65. The molecule has 0 saturated carbocycles. The van der Waals surface area contributed by atoms with E-state index in [2.05, 4.69) is 15.3 Å². The average Bonchev–Trinajstić information content (AvgIpc) is 3.29. The molecule has 7 heteroatoms. The molecule has 0 fully saturated rings. The van der Waals surface area contributed by atoms with Crippen LogP contribution in [0.2, 0.25) is 0 Å². The van der Waals surface area contributed by atoms with Gasteiger partial charge in [-0.3, -0.25) is 0 Å². The summed E-state index contributed by atoms with van der Waals surface area (Å²) in [6.07, 6.45) is 5.55. The average molecular weight is 324 g/mol. The van der Waals surface area contributed by atoms with Crippen LogP contribution in [0.1, 0.15) is 10.6 Å². The summed E-state index contributed by atoms with van der Waals surface area (Å²) in [5.74, 6) is 2.09. The maximum atomic E-state index is 5.36. The lowest BCUT2D eigenvalue weighted by Crippen LogP contribution is -1.89. The zero-order valence-corrected chi connectivity index (χ0v) is 13.0. The van der Waals surface area contributed by atoms with Crippen LogP contribution in [0.3, 0.4) is 0 Å². The maximum Gasteiger partial charge on any atom is 0.235 e. The maximum absolute atomic E-state index is 5.36. The van der Waals surface area contributed by atoms with E-state index in [1.165, 1.54) is 11.3 Å². The molecule has 3 heterocycles. The van der Waals surface area contributed by atoms with E-state index in [4.69, 9.17) is 9.15 Å². The van der Waals surface area contributed by atoms with Crippen molar-refractivity contribution < 1.29 is 9.15 Å². The van der Waals surface area contributed by atoms with Crippen molar-refractivity contribution in [3.8, 4) is 17.3 Å². The highest BCUT2D eigenvalue weighted by atomic mass is 32.1. The molecule has 0 saturated heterocycles. The molecular formula is C16H12N4O2S. The lowest BCUT2D eigenvalue weighted by molar-refractivity contribution is 0.415. The van der Waals surface area contributed by atoms with Crippen LogP contribution in [0.5, 0.6) is 5.75 Å². The number of nitrogens with zero attached hydrogens (tertiary/aromatic N) is 4. The van der Waals surface area contributed by atoms with Crippen molar-refractivity contribution in [1.82, 2.24) is 19.8 Å². The van der Waals surface area contributed by atoms with Crippen molar-refractivity contribution in [2.24, 2.45) is 0 Å². The zero-order valence-electron chi connectivity index (χ0n) is 12.2. The van der Waals surface area contributed by atoms with Crippen LogP contribution in [-0.2, 0) is 0 Å². The highest BCUT2D eigenvalue weighted by Gasteiger charge is 2.14. The topological polar surface area (TPSA) is 65.5 Å². The molecule has 0 bridgehead atoms. The summed E-state index contributed by atoms with van der Waals surface area (Å²) in [5, 5.41) is 13.6. The Morgan fingerprint density at radius 2 is 2.00 bits per heavy atom. The molecule has 6 nitrogen and oxygen atoms in total. The molecule has 0 aliphatic rings. The van der Waals surface area contributed by atoms with Gasteiger partial charge in [-0.25, -0.2) is 0 Å². The molecule has 0 aliphatic heterocycles. The van der Waals surface area contributed by atoms with Crippen LogP contribution >= 0.6 is 11.3 Å². The minimum absolute atomic E-state index is 0.602. The molecule has 0 aliphatic carbocycles. The van der Waals surface area contributed by atoms with Crippen LogP contribution in [0.4, 0.5) is 0 Å². The molecule has 0 unspecified atom stereocenters. The summed E-state index contributed by atoms with van der Waals surface area (Å²) >= 11 is 1.47. The molecule has 114 valence electrons. The van der Waals surface area contributed by atoms with Gasteiger partial charge in [0, 0.05) is 0 Å². The third kappa shape index (κ3) is 2.62. The van der Waals surface area contributed by atoms with Crippen molar-refractivity contribution >= 4 is 28.4 Å². The highest BCUT2D eigenvalue weighted by Crippen LogP contribution is 2.23. The summed E-state index contributed by atoms with van der Waals surface area (Å²) in [6, 6.07) is 11.5. The van der Waals surface area contributed by atoms with Gasteiger partial charge in [0.25, 0.3) is 0 Å².